The van der Waals surface area contributed by atoms with E-state index in [0.717, 1.165) is 0 Å². The molecular formula is C8H12N4. The van der Waals surface area contributed by atoms with Gasteiger partial charge in [0.15, 0.2) is 0 Å². The predicted molar refractivity (Wildman–Crippen MR) is 48.7 cm³/mol. The summed E-state index contributed by atoms with van der Waals surface area (Å²) in [6.07, 6.45) is 5.09. The van der Waals surface area contributed by atoms with Crippen LogP contribution >= 0.6 is 0 Å². The van der Waals surface area contributed by atoms with Crippen LogP contribution < -0.4 is 5.73 Å². The van der Waals surface area contributed by atoms with E-state index in [2.05, 4.69) is 9.97 Å². The van der Waals surface area contributed by atoms with E-state index in [0.29, 0.717) is 11.6 Å². The Hall–Kier alpha value is -1.58. The number of nitrogens with zero attached hydrogens (tertiary/aromatic N) is 3. The van der Waals surface area contributed by atoms with Crippen LogP contribution in [0.3, 0.4) is 0 Å². The first kappa shape index (κ1) is 8.52. The lowest BCUT2D eigenvalue weighted by atomic mass is 10.6. The Kier molecular flexibility index (Phi) is 2.63. The number of aromatic nitrogens is 3. The number of fused-ring (bicyclic) bond motifs is 1. The highest BCUT2D eigenvalue weighted by molar-refractivity contribution is 5.40. The van der Waals surface area contributed by atoms with Crippen molar-refractivity contribution in [1.29, 1.82) is 0 Å². The van der Waals surface area contributed by atoms with Gasteiger partial charge < -0.3 is 5.73 Å². The maximum atomic E-state index is 5.54. The Morgan fingerprint density at radius 2 is 2.08 bits per heavy atom. The van der Waals surface area contributed by atoms with Gasteiger partial charge >= 0.3 is 0 Å². The molecule has 0 aromatic carbocycles. The molecule has 4 heteroatoms. The third kappa shape index (κ3) is 1.37. The minimum atomic E-state index is 0.614. The second kappa shape index (κ2) is 3.71. The van der Waals surface area contributed by atoms with Crippen LogP contribution in [0.2, 0.25) is 0 Å². The summed E-state index contributed by atoms with van der Waals surface area (Å²) >= 11 is 0. The Balaban J connectivity index is 0.000000336. The van der Waals surface area contributed by atoms with Crippen LogP contribution in [0.5, 0.6) is 0 Å². The zero-order valence-corrected chi connectivity index (χ0v) is 7.23. The first-order valence-electron chi connectivity index (χ1n) is 3.91. The molecular weight excluding hydrogens is 152 g/mol. The van der Waals surface area contributed by atoms with Gasteiger partial charge in [-0.05, 0) is 6.07 Å². The summed E-state index contributed by atoms with van der Waals surface area (Å²) in [6, 6.07) is 1.81. The Morgan fingerprint density at radius 3 is 2.75 bits per heavy atom. The second-order valence-electron chi connectivity index (χ2n) is 1.97. The van der Waals surface area contributed by atoms with Crippen LogP contribution in [-0.2, 0) is 0 Å². The zero-order valence-electron chi connectivity index (χ0n) is 7.23. The minimum absolute atomic E-state index is 0.614. The van der Waals surface area contributed by atoms with Crippen LogP contribution in [0.4, 0.5) is 5.82 Å². The zero-order chi connectivity index (χ0) is 8.97. The van der Waals surface area contributed by atoms with Gasteiger partial charge in [0, 0.05) is 12.4 Å². The van der Waals surface area contributed by atoms with Crippen molar-refractivity contribution in [1.82, 2.24) is 14.4 Å². The van der Waals surface area contributed by atoms with E-state index in [1.54, 1.807) is 16.8 Å². The lowest BCUT2D eigenvalue weighted by Crippen LogP contribution is -1.92. The Morgan fingerprint density at radius 1 is 1.33 bits per heavy atom. The predicted octanol–water partition coefficient (Wildman–Crippen LogP) is 1.34. The number of rotatable bonds is 0. The molecule has 0 aliphatic heterocycles. The van der Waals surface area contributed by atoms with Crippen LogP contribution in [0.25, 0.3) is 5.78 Å². The topological polar surface area (TPSA) is 56.2 Å². The first-order chi connectivity index (χ1) is 5.88. The molecule has 2 N–H and O–H groups in total. The summed E-state index contributed by atoms with van der Waals surface area (Å²) in [5.41, 5.74) is 5.54. The molecule has 2 aromatic heterocycles. The van der Waals surface area contributed by atoms with Crippen molar-refractivity contribution >= 4 is 11.6 Å². The number of anilines is 1. The fourth-order valence-electron chi connectivity index (χ4n) is 0.846. The maximum absolute atomic E-state index is 5.54. The van der Waals surface area contributed by atoms with Gasteiger partial charge in [-0.3, -0.25) is 4.40 Å². The van der Waals surface area contributed by atoms with Gasteiger partial charge in [0.25, 0.3) is 0 Å². The lowest BCUT2D eigenvalue weighted by molar-refractivity contribution is 1.12. The largest absolute Gasteiger partial charge is 0.383 e. The van der Waals surface area contributed by atoms with E-state index in [1.165, 1.54) is 0 Å². The van der Waals surface area contributed by atoms with Crippen molar-refractivity contribution in [3.05, 3.63) is 24.7 Å². The molecule has 0 fully saturated rings. The summed E-state index contributed by atoms with van der Waals surface area (Å²) in [4.78, 5) is 7.92. The lowest BCUT2D eigenvalue weighted by Gasteiger charge is -1.90. The monoisotopic (exact) mass is 164 g/mol. The molecule has 2 aromatic rings. The number of nitrogen functional groups attached to an aromatic ring is 1. The first-order valence-corrected chi connectivity index (χ1v) is 3.91. The number of hydrogen-bond donors (Lipinski definition) is 1. The summed E-state index contributed by atoms with van der Waals surface area (Å²) in [5, 5.41) is 0. The standard InChI is InChI=1S/C6H6N4.C2H6/c7-5-4-9-6-8-2-1-3-10(5)6;1-2/h1-4H,7H2;1-2H3. The fraction of sp³-hybridized carbons (Fsp3) is 0.250. The maximum Gasteiger partial charge on any atom is 0.235 e. The van der Waals surface area contributed by atoms with Crippen molar-refractivity contribution in [2.24, 2.45) is 0 Å². The molecule has 2 heterocycles. The highest BCUT2D eigenvalue weighted by atomic mass is 15.1. The molecule has 0 unspecified atom stereocenters. The highest BCUT2D eigenvalue weighted by Gasteiger charge is 1.95. The average molecular weight is 164 g/mol. The van der Waals surface area contributed by atoms with E-state index in [9.17, 15) is 0 Å². The molecule has 0 bridgehead atoms. The van der Waals surface area contributed by atoms with E-state index in [-0.39, 0.29) is 0 Å². The van der Waals surface area contributed by atoms with Crippen molar-refractivity contribution in [3.8, 4) is 0 Å². The summed E-state index contributed by atoms with van der Waals surface area (Å²) in [5.74, 6) is 1.25. The van der Waals surface area contributed by atoms with Crippen LogP contribution in [-0.4, -0.2) is 14.4 Å². The SMILES string of the molecule is CC.Nc1cnc2ncccn12. The van der Waals surface area contributed by atoms with Gasteiger partial charge in [0.1, 0.15) is 5.82 Å². The molecule has 2 rings (SSSR count). The van der Waals surface area contributed by atoms with Gasteiger partial charge in [-0.1, -0.05) is 13.8 Å². The van der Waals surface area contributed by atoms with Crippen molar-refractivity contribution in [2.45, 2.75) is 13.8 Å². The van der Waals surface area contributed by atoms with Gasteiger partial charge in [-0.2, -0.15) is 0 Å². The quantitative estimate of drug-likeness (QED) is 0.639. The molecule has 12 heavy (non-hydrogen) atoms. The summed E-state index contributed by atoms with van der Waals surface area (Å²) in [6.45, 7) is 4.00. The van der Waals surface area contributed by atoms with Gasteiger partial charge in [0.2, 0.25) is 5.78 Å². The molecule has 0 atom stereocenters. The summed E-state index contributed by atoms with van der Waals surface area (Å²) in [7, 11) is 0. The smallest absolute Gasteiger partial charge is 0.235 e. The van der Waals surface area contributed by atoms with E-state index < -0.39 is 0 Å². The highest BCUT2D eigenvalue weighted by Crippen LogP contribution is 2.02. The van der Waals surface area contributed by atoms with E-state index in [4.69, 9.17) is 5.73 Å². The average Bonchev–Trinajstić information content (AvgIpc) is 2.53. The van der Waals surface area contributed by atoms with Crippen LogP contribution in [0.1, 0.15) is 13.8 Å². The van der Waals surface area contributed by atoms with Gasteiger partial charge in [-0.25, -0.2) is 9.97 Å². The molecule has 0 saturated carbocycles. The molecule has 0 amide bonds. The van der Waals surface area contributed by atoms with Gasteiger partial charge in [0.05, 0.1) is 6.20 Å². The molecule has 4 nitrogen and oxygen atoms in total. The van der Waals surface area contributed by atoms with Gasteiger partial charge in [-0.15, -0.1) is 0 Å². The second-order valence-corrected chi connectivity index (χ2v) is 1.97. The molecule has 64 valence electrons. The fourth-order valence-corrected chi connectivity index (χ4v) is 0.846. The third-order valence-electron chi connectivity index (χ3n) is 1.32. The van der Waals surface area contributed by atoms with E-state index in [1.807, 2.05) is 26.1 Å². The number of nitrogens with two attached hydrogens (primary N) is 1. The number of hydrogen-bond acceptors (Lipinski definition) is 3. The normalized spacial score (nSPS) is 9.17. The molecule has 0 saturated heterocycles. The van der Waals surface area contributed by atoms with Crippen molar-refractivity contribution < 1.29 is 0 Å². The third-order valence-corrected chi connectivity index (χ3v) is 1.32. The minimum Gasteiger partial charge on any atom is -0.383 e. The molecule has 0 aliphatic carbocycles. The van der Waals surface area contributed by atoms with Crippen molar-refractivity contribution in [2.75, 3.05) is 5.73 Å². The summed E-state index contributed by atoms with van der Waals surface area (Å²) < 4.78 is 1.72. The molecule has 0 aliphatic rings. The number of imidazole rings is 1. The van der Waals surface area contributed by atoms with Crippen LogP contribution in [0, 0.1) is 0 Å². The van der Waals surface area contributed by atoms with E-state index >= 15 is 0 Å². The molecule has 0 radical (unpaired) electrons. The van der Waals surface area contributed by atoms with Crippen molar-refractivity contribution in [3.63, 3.8) is 0 Å². The Labute approximate surface area is 71.1 Å². The van der Waals surface area contributed by atoms with Crippen LogP contribution in [0.15, 0.2) is 24.7 Å². The Bertz CT molecular complexity index is 353. The molecule has 0 spiro atoms.